The standard InChI is InChI=1S/C21H24N2O2/c1-4-17-9-11-18(12-10-17)23-14-13-22(16(3)20(23)24)21(25)19-8-6-5-7-15(19)2/h5-12,16H,4,13-14H2,1-3H3. The molecular weight excluding hydrogens is 312 g/mol. The van der Waals surface area contributed by atoms with Gasteiger partial charge in [0.15, 0.2) is 0 Å². The summed E-state index contributed by atoms with van der Waals surface area (Å²) in [4.78, 5) is 29.2. The minimum absolute atomic E-state index is 0.0302. The van der Waals surface area contributed by atoms with Crippen LogP contribution in [0.4, 0.5) is 5.69 Å². The van der Waals surface area contributed by atoms with E-state index < -0.39 is 6.04 Å². The van der Waals surface area contributed by atoms with Crippen LogP contribution in [0.5, 0.6) is 0 Å². The first-order valence-electron chi connectivity index (χ1n) is 8.80. The van der Waals surface area contributed by atoms with E-state index in [-0.39, 0.29) is 11.8 Å². The lowest BCUT2D eigenvalue weighted by molar-refractivity contribution is -0.124. The molecule has 1 atom stereocenters. The Balaban J connectivity index is 1.79. The summed E-state index contributed by atoms with van der Waals surface area (Å²) in [5.74, 6) is -0.0997. The number of carbonyl (C=O) groups is 2. The van der Waals surface area contributed by atoms with Crippen LogP contribution in [0.2, 0.25) is 0 Å². The second kappa shape index (κ2) is 7.09. The molecule has 0 aromatic heterocycles. The monoisotopic (exact) mass is 336 g/mol. The lowest BCUT2D eigenvalue weighted by Gasteiger charge is -2.39. The third-order valence-corrected chi connectivity index (χ3v) is 4.95. The highest BCUT2D eigenvalue weighted by Crippen LogP contribution is 2.23. The zero-order valence-corrected chi connectivity index (χ0v) is 15.0. The smallest absolute Gasteiger partial charge is 0.254 e. The Labute approximate surface area is 149 Å². The number of piperazine rings is 1. The molecule has 0 radical (unpaired) electrons. The molecule has 2 aromatic rings. The van der Waals surface area contributed by atoms with Crippen molar-refractivity contribution in [3.05, 3.63) is 65.2 Å². The van der Waals surface area contributed by atoms with Gasteiger partial charge >= 0.3 is 0 Å². The summed E-state index contributed by atoms with van der Waals surface area (Å²) in [6.07, 6.45) is 0.976. The highest BCUT2D eigenvalue weighted by molar-refractivity contribution is 6.03. The summed E-state index contributed by atoms with van der Waals surface area (Å²) < 4.78 is 0. The van der Waals surface area contributed by atoms with Crippen LogP contribution in [0, 0.1) is 6.92 Å². The van der Waals surface area contributed by atoms with Crippen molar-refractivity contribution in [2.75, 3.05) is 18.0 Å². The van der Waals surface area contributed by atoms with Gasteiger partial charge < -0.3 is 9.80 Å². The van der Waals surface area contributed by atoms with Gasteiger partial charge in [0.1, 0.15) is 6.04 Å². The number of rotatable bonds is 3. The summed E-state index contributed by atoms with van der Waals surface area (Å²) in [5.41, 5.74) is 3.75. The van der Waals surface area contributed by atoms with Gasteiger partial charge in [0.25, 0.3) is 5.91 Å². The van der Waals surface area contributed by atoms with Gasteiger partial charge in [-0.25, -0.2) is 0 Å². The van der Waals surface area contributed by atoms with E-state index in [9.17, 15) is 9.59 Å². The minimum atomic E-state index is -0.466. The Kier molecular flexibility index (Phi) is 4.88. The van der Waals surface area contributed by atoms with Crippen molar-refractivity contribution < 1.29 is 9.59 Å². The Hall–Kier alpha value is -2.62. The number of nitrogens with zero attached hydrogens (tertiary/aromatic N) is 2. The molecule has 0 saturated carbocycles. The van der Waals surface area contributed by atoms with Crippen LogP contribution in [0.25, 0.3) is 0 Å². The van der Waals surface area contributed by atoms with Crippen LogP contribution in [-0.4, -0.2) is 35.8 Å². The fourth-order valence-corrected chi connectivity index (χ4v) is 3.28. The minimum Gasteiger partial charge on any atom is -0.325 e. The van der Waals surface area contributed by atoms with Crippen LogP contribution in [0.1, 0.15) is 35.3 Å². The van der Waals surface area contributed by atoms with E-state index in [1.165, 1.54) is 5.56 Å². The molecule has 2 amide bonds. The molecule has 1 fully saturated rings. The van der Waals surface area contributed by atoms with Crippen molar-refractivity contribution in [3.63, 3.8) is 0 Å². The van der Waals surface area contributed by atoms with Crippen molar-refractivity contribution in [1.82, 2.24) is 4.90 Å². The average Bonchev–Trinajstić information content (AvgIpc) is 2.64. The van der Waals surface area contributed by atoms with Crippen molar-refractivity contribution in [2.24, 2.45) is 0 Å². The number of anilines is 1. The Bertz CT molecular complexity index is 783. The highest BCUT2D eigenvalue weighted by atomic mass is 16.2. The van der Waals surface area contributed by atoms with Crippen LogP contribution >= 0.6 is 0 Å². The molecule has 0 N–H and O–H groups in total. The molecule has 0 bridgehead atoms. The SMILES string of the molecule is CCc1ccc(N2CCN(C(=O)c3ccccc3C)C(C)C2=O)cc1. The predicted molar refractivity (Wildman–Crippen MR) is 99.9 cm³/mol. The van der Waals surface area contributed by atoms with Crippen LogP contribution < -0.4 is 4.90 Å². The van der Waals surface area contributed by atoms with Crippen molar-refractivity contribution in [2.45, 2.75) is 33.2 Å². The molecule has 1 heterocycles. The number of benzene rings is 2. The number of aryl methyl sites for hydroxylation is 2. The normalized spacial score (nSPS) is 17.7. The quantitative estimate of drug-likeness (QED) is 0.861. The first-order valence-corrected chi connectivity index (χ1v) is 8.80. The van der Waals surface area contributed by atoms with Gasteiger partial charge in [-0.3, -0.25) is 9.59 Å². The third-order valence-electron chi connectivity index (χ3n) is 4.95. The number of carbonyl (C=O) groups excluding carboxylic acids is 2. The topological polar surface area (TPSA) is 40.6 Å². The molecule has 1 aliphatic rings. The van der Waals surface area contributed by atoms with Gasteiger partial charge in [-0.2, -0.15) is 0 Å². The van der Waals surface area contributed by atoms with Crippen molar-refractivity contribution in [1.29, 1.82) is 0 Å². The van der Waals surface area contributed by atoms with Crippen molar-refractivity contribution >= 4 is 17.5 Å². The van der Waals surface area contributed by atoms with E-state index in [4.69, 9.17) is 0 Å². The Morgan fingerprint density at radius 1 is 1.08 bits per heavy atom. The zero-order chi connectivity index (χ0) is 18.0. The second-order valence-electron chi connectivity index (χ2n) is 6.50. The van der Waals surface area contributed by atoms with Crippen LogP contribution in [0.15, 0.2) is 48.5 Å². The number of hydrogen-bond acceptors (Lipinski definition) is 2. The first kappa shape index (κ1) is 17.2. The second-order valence-corrected chi connectivity index (χ2v) is 6.50. The summed E-state index contributed by atoms with van der Waals surface area (Å²) in [5, 5.41) is 0. The van der Waals surface area contributed by atoms with Gasteiger partial charge in [-0.1, -0.05) is 37.3 Å². The average molecular weight is 336 g/mol. The van der Waals surface area contributed by atoms with Crippen LogP contribution in [0.3, 0.4) is 0 Å². The van der Waals surface area contributed by atoms with E-state index in [0.717, 1.165) is 17.7 Å². The molecule has 25 heavy (non-hydrogen) atoms. The van der Waals surface area contributed by atoms with Gasteiger partial charge in [0.2, 0.25) is 5.91 Å². The molecule has 2 aromatic carbocycles. The fraction of sp³-hybridized carbons (Fsp3) is 0.333. The lowest BCUT2D eigenvalue weighted by Crippen LogP contribution is -2.57. The third kappa shape index (κ3) is 3.29. The summed E-state index contributed by atoms with van der Waals surface area (Å²) in [6.45, 7) is 6.90. The molecule has 130 valence electrons. The maximum atomic E-state index is 12.9. The van der Waals surface area contributed by atoms with E-state index in [1.807, 2.05) is 50.2 Å². The number of amides is 2. The molecule has 4 nitrogen and oxygen atoms in total. The van der Waals surface area contributed by atoms with E-state index >= 15 is 0 Å². The molecule has 1 unspecified atom stereocenters. The summed E-state index contributed by atoms with van der Waals surface area (Å²) >= 11 is 0. The number of hydrogen-bond donors (Lipinski definition) is 0. The molecular formula is C21H24N2O2. The largest absolute Gasteiger partial charge is 0.325 e. The van der Waals surface area contributed by atoms with Gasteiger partial charge in [-0.15, -0.1) is 0 Å². The summed E-state index contributed by atoms with van der Waals surface area (Å²) in [7, 11) is 0. The van der Waals surface area contributed by atoms with Gasteiger partial charge in [0.05, 0.1) is 0 Å². The Morgan fingerprint density at radius 3 is 2.40 bits per heavy atom. The van der Waals surface area contributed by atoms with Crippen LogP contribution in [-0.2, 0) is 11.2 Å². The lowest BCUT2D eigenvalue weighted by atomic mass is 10.0. The van der Waals surface area contributed by atoms with Gasteiger partial charge in [-0.05, 0) is 49.6 Å². The molecule has 0 aliphatic carbocycles. The molecule has 3 rings (SSSR count). The highest BCUT2D eigenvalue weighted by Gasteiger charge is 2.35. The van der Waals surface area contributed by atoms with E-state index in [2.05, 4.69) is 19.1 Å². The molecule has 4 heteroatoms. The molecule has 1 saturated heterocycles. The fourth-order valence-electron chi connectivity index (χ4n) is 3.28. The molecule has 1 aliphatic heterocycles. The Morgan fingerprint density at radius 2 is 1.76 bits per heavy atom. The molecule has 0 spiro atoms. The van der Waals surface area contributed by atoms with Crippen molar-refractivity contribution in [3.8, 4) is 0 Å². The van der Waals surface area contributed by atoms with E-state index in [0.29, 0.717) is 18.7 Å². The van der Waals surface area contributed by atoms with Gasteiger partial charge in [0, 0.05) is 24.3 Å². The maximum absolute atomic E-state index is 12.9. The first-order chi connectivity index (χ1) is 12.0. The predicted octanol–water partition coefficient (Wildman–Crippen LogP) is 3.43. The summed E-state index contributed by atoms with van der Waals surface area (Å²) in [6, 6.07) is 15.1. The maximum Gasteiger partial charge on any atom is 0.254 e. The zero-order valence-electron chi connectivity index (χ0n) is 15.0. The van der Waals surface area contributed by atoms with E-state index in [1.54, 1.807) is 9.80 Å².